The lowest BCUT2D eigenvalue weighted by Gasteiger charge is -2.05. The van der Waals surface area contributed by atoms with Crippen molar-refractivity contribution in [3.05, 3.63) is 50.6 Å². The summed E-state index contributed by atoms with van der Waals surface area (Å²) in [4.78, 5) is 12.5. The third-order valence-corrected chi connectivity index (χ3v) is 4.03. The zero-order valence-corrected chi connectivity index (χ0v) is 12.2. The van der Waals surface area contributed by atoms with E-state index in [9.17, 15) is 4.79 Å². The van der Waals surface area contributed by atoms with Gasteiger partial charge in [-0.15, -0.1) is 11.3 Å². The van der Waals surface area contributed by atoms with Gasteiger partial charge in [0.1, 0.15) is 5.75 Å². The highest BCUT2D eigenvalue weighted by Gasteiger charge is 2.07. The van der Waals surface area contributed by atoms with Crippen molar-refractivity contribution >= 4 is 33.2 Å². The maximum Gasteiger partial charge on any atom is 0.261 e. The fourth-order valence-electron chi connectivity index (χ4n) is 1.45. The molecule has 18 heavy (non-hydrogen) atoms. The summed E-state index contributed by atoms with van der Waals surface area (Å²) < 4.78 is 6.03. The number of ether oxygens (including phenoxy) is 1. The van der Waals surface area contributed by atoms with E-state index in [4.69, 9.17) is 4.74 Å². The number of benzene rings is 1. The first-order valence-electron chi connectivity index (χ1n) is 5.35. The lowest BCUT2D eigenvalue weighted by Crippen LogP contribution is -2.21. The van der Waals surface area contributed by atoms with E-state index in [1.165, 1.54) is 11.3 Å². The van der Waals surface area contributed by atoms with E-state index >= 15 is 0 Å². The minimum absolute atomic E-state index is 0.0541. The molecule has 0 atom stereocenters. The van der Waals surface area contributed by atoms with Crippen LogP contribution in [0.5, 0.6) is 5.75 Å². The van der Waals surface area contributed by atoms with Crippen LogP contribution in [0.1, 0.15) is 15.2 Å². The van der Waals surface area contributed by atoms with Crippen LogP contribution in [0.25, 0.3) is 0 Å². The first kappa shape index (κ1) is 13.1. The molecule has 1 N–H and O–H groups in total. The number of thiophene rings is 1. The van der Waals surface area contributed by atoms with E-state index in [0.29, 0.717) is 11.4 Å². The Morgan fingerprint density at radius 2 is 2.00 bits per heavy atom. The molecule has 0 aliphatic carbocycles. The van der Waals surface area contributed by atoms with E-state index in [0.717, 1.165) is 15.1 Å². The fourth-order valence-corrected chi connectivity index (χ4v) is 2.75. The van der Waals surface area contributed by atoms with E-state index in [1.54, 1.807) is 13.2 Å². The first-order chi connectivity index (χ1) is 8.69. The second-order valence-corrected chi connectivity index (χ2v) is 6.10. The monoisotopic (exact) mass is 325 g/mol. The zero-order valence-electron chi connectivity index (χ0n) is 9.77. The molecule has 1 amide bonds. The summed E-state index contributed by atoms with van der Waals surface area (Å²) in [6.45, 7) is 0.512. The van der Waals surface area contributed by atoms with Crippen molar-refractivity contribution in [3.63, 3.8) is 0 Å². The van der Waals surface area contributed by atoms with Gasteiger partial charge in [-0.05, 0) is 45.8 Å². The Morgan fingerprint density at radius 3 is 2.56 bits per heavy atom. The largest absolute Gasteiger partial charge is 0.497 e. The van der Waals surface area contributed by atoms with Crippen molar-refractivity contribution in [1.29, 1.82) is 0 Å². The molecule has 3 nitrogen and oxygen atoms in total. The Balaban J connectivity index is 1.92. The maximum absolute atomic E-state index is 11.8. The van der Waals surface area contributed by atoms with E-state index in [2.05, 4.69) is 21.2 Å². The average Bonchev–Trinajstić information content (AvgIpc) is 2.83. The van der Waals surface area contributed by atoms with Gasteiger partial charge in [0, 0.05) is 6.54 Å². The van der Waals surface area contributed by atoms with Crippen LogP contribution in [0.15, 0.2) is 40.2 Å². The quantitative estimate of drug-likeness (QED) is 0.935. The molecule has 1 aromatic heterocycles. The summed E-state index contributed by atoms with van der Waals surface area (Å²) in [6, 6.07) is 11.3. The third-order valence-electron chi connectivity index (χ3n) is 2.41. The Hall–Kier alpha value is -1.33. The number of hydrogen-bond donors (Lipinski definition) is 1. The molecule has 0 fully saturated rings. The minimum Gasteiger partial charge on any atom is -0.497 e. The minimum atomic E-state index is -0.0541. The summed E-state index contributed by atoms with van der Waals surface area (Å²) in [6.07, 6.45) is 0. The van der Waals surface area contributed by atoms with Gasteiger partial charge < -0.3 is 10.1 Å². The Kier molecular flexibility index (Phi) is 4.38. The molecule has 0 saturated carbocycles. The lowest BCUT2D eigenvalue weighted by atomic mass is 10.2. The van der Waals surface area contributed by atoms with Crippen LogP contribution in [0.2, 0.25) is 0 Å². The van der Waals surface area contributed by atoms with Crippen LogP contribution >= 0.6 is 27.3 Å². The topological polar surface area (TPSA) is 38.3 Å². The van der Waals surface area contributed by atoms with Crippen molar-refractivity contribution in [2.24, 2.45) is 0 Å². The molecule has 2 rings (SSSR count). The van der Waals surface area contributed by atoms with Gasteiger partial charge in [0.2, 0.25) is 0 Å². The second kappa shape index (κ2) is 6.02. The average molecular weight is 326 g/mol. The Bertz CT molecular complexity index is 536. The number of carbonyl (C=O) groups excluding carboxylic acids is 1. The number of nitrogens with one attached hydrogen (secondary N) is 1. The molecular formula is C13H12BrNO2S. The highest BCUT2D eigenvalue weighted by Crippen LogP contribution is 2.21. The van der Waals surface area contributed by atoms with Gasteiger partial charge in [0.05, 0.1) is 15.8 Å². The molecule has 0 spiro atoms. The van der Waals surface area contributed by atoms with Gasteiger partial charge in [-0.2, -0.15) is 0 Å². The molecule has 0 bridgehead atoms. The molecule has 0 radical (unpaired) electrons. The molecule has 0 aliphatic heterocycles. The van der Waals surface area contributed by atoms with Crippen LogP contribution < -0.4 is 10.1 Å². The molecule has 0 unspecified atom stereocenters. The summed E-state index contributed by atoms with van der Waals surface area (Å²) in [5.41, 5.74) is 1.04. The maximum atomic E-state index is 11.8. The Labute approximate surface area is 118 Å². The normalized spacial score (nSPS) is 10.1. The van der Waals surface area contributed by atoms with Gasteiger partial charge >= 0.3 is 0 Å². The number of amides is 1. The molecule has 5 heteroatoms. The van der Waals surface area contributed by atoms with Gasteiger partial charge in [-0.25, -0.2) is 0 Å². The number of carbonyl (C=O) groups is 1. The van der Waals surface area contributed by atoms with Crippen LogP contribution in [-0.4, -0.2) is 13.0 Å². The molecule has 1 aromatic carbocycles. The van der Waals surface area contributed by atoms with Crippen molar-refractivity contribution in [2.75, 3.05) is 7.11 Å². The SMILES string of the molecule is COc1ccc(CNC(=O)c2ccc(Br)s2)cc1. The summed E-state index contributed by atoms with van der Waals surface area (Å²) in [7, 11) is 1.63. The zero-order chi connectivity index (χ0) is 13.0. The molecule has 1 heterocycles. The second-order valence-electron chi connectivity index (χ2n) is 3.63. The van der Waals surface area contributed by atoms with E-state index in [-0.39, 0.29) is 5.91 Å². The van der Waals surface area contributed by atoms with E-state index in [1.807, 2.05) is 30.3 Å². The number of halogens is 1. The highest BCUT2D eigenvalue weighted by atomic mass is 79.9. The van der Waals surface area contributed by atoms with Gasteiger partial charge in [0.15, 0.2) is 0 Å². The summed E-state index contributed by atoms with van der Waals surface area (Å²) >= 11 is 4.76. The number of methoxy groups -OCH3 is 1. The number of hydrogen-bond acceptors (Lipinski definition) is 3. The van der Waals surface area contributed by atoms with Crippen LogP contribution in [0, 0.1) is 0 Å². The van der Waals surface area contributed by atoms with E-state index < -0.39 is 0 Å². The van der Waals surface area contributed by atoms with Crippen LogP contribution in [-0.2, 0) is 6.54 Å². The number of rotatable bonds is 4. The summed E-state index contributed by atoms with van der Waals surface area (Å²) in [5, 5.41) is 2.88. The fraction of sp³-hybridized carbons (Fsp3) is 0.154. The predicted molar refractivity (Wildman–Crippen MR) is 76.2 cm³/mol. The first-order valence-corrected chi connectivity index (χ1v) is 6.96. The van der Waals surface area contributed by atoms with Crippen LogP contribution in [0.4, 0.5) is 0 Å². The van der Waals surface area contributed by atoms with Gasteiger partial charge in [0.25, 0.3) is 5.91 Å². The smallest absolute Gasteiger partial charge is 0.261 e. The van der Waals surface area contributed by atoms with Gasteiger partial charge in [-0.3, -0.25) is 4.79 Å². The lowest BCUT2D eigenvalue weighted by molar-refractivity contribution is 0.0955. The third kappa shape index (κ3) is 3.34. The molecular weight excluding hydrogens is 314 g/mol. The van der Waals surface area contributed by atoms with Gasteiger partial charge in [-0.1, -0.05) is 12.1 Å². The molecule has 0 aliphatic rings. The standard InChI is InChI=1S/C13H12BrNO2S/c1-17-10-4-2-9(3-5-10)8-15-13(16)11-6-7-12(14)18-11/h2-7H,8H2,1H3,(H,15,16). The van der Waals surface area contributed by atoms with Crippen molar-refractivity contribution < 1.29 is 9.53 Å². The molecule has 0 saturated heterocycles. The van der Waals surface area contributed by atoms with Crippen molar-refractivity contribution in [3.8, 4) is 5.75 Å². The molecule has 94 valence electrons. The van der Waals surface area contributed by atoms with Crippen LogP contribution in [0.3, 0.4) is 0 Å². The predicted octanol–water partition coefficient (Wildman–Crippen LogP) is 3.45. The van der Waals surface area contributed by atoms with Crippen molar-refractivity contribution in [2.45, 2.75) is 6.54 Å². The molecule has 2 aromatic rings. The Morgan fingerprint density at radius 1 is 1.28 bits per heavy atom. The highest BCUT2D eigenvalue weighted by molar-refractivity contribution is 9.11. The summed E-state index contributed by atoms with van der Waals surface area (Å²) in [5.74, 6) is 0.758. The van der Waals surface area contributed by atoms with Crippen molar-refractivity contribution in [1.82, 2.24) is 5.32 Å².